The Bertz CT molecular complexity index is 1230. The quantitative estimate of drug-likeness (QED) is 0.595. The van der Waals surface area contributed by atoms with Crippen LogP contribution in [0, 0.1) is 0 Å². The standard InChI is InChI=1S/C24H22N2O7/c1-3-29-24(28)22-21(25-23(27)20-12-30-16-6-4-5-7-18(16)33-20)15(11-26(22)2)14-8-9-17-19(10-14)32-13-31-17/h4-11,20H,3,12-13H2,1-2H3,(H,25,27)/t20-/m1/s1. The first-order valence-electron chi connectivity index (χ1n) is 10.5. The van der Waals surface area contributed by atoms with E-state index in [0.29, 0.717) is 34.2 Å². The summed E-state index contributed by atoms with van der Waals surface area (Å²) in [6, 6.07) is 12.6. The fourth-order valence-corrected chi connectivity index (χ4v) is 3.83. The van der Waals surface area contributed by atoms with Crippen LogP contribution in [0.25, 0.3) is 11.1 Å². The van der Waals surface area contributed by atoms with Gasteiger partial charge in [0.15, 0.2) is 28.7 Å². The highest BCUT2D eigenvalue weighted by Crippen LogP contribution is 2.40. The molecule has 9 heteroatoms. The smallest absolute Gasteiger partial charge is 0.357 e. The zero-order valence-corrected chi connectivity index (χ0v) is 18.1. The summed E-state index contributed by atoms with van der Waals surface area (Å²) in [5, 5.41) is 2.87. The van der Waals surface area contributed by atoms with Crippen molar-refractivity contribution in [3.63, 3.8) is 0 Å². The normalized spacial score (nSPS) is 15.8. The van der Waals surface area contributed by atoms with E-state index in [1.165, 1.54) is 0 Å². The first kappa shape index (κ1) is 20.7. The maximum absolute atomic E-state index is 13.2. The second-order valence-electron chi connectivity index (χ2n) is 7.52. The number of benzene rings is 2. The van der Waals surface area contributed by atoms with Crippen LogP contribution in [0.15, 0.2) is 48.7 Å². The number of aryl methyl sites for hydroxylation is 1. The third kappa shape index (κ3) is 3.82. The molecule has 1 N–H and O–H groups in total. The molecular weight excluding hydrogens is 428 g/mol. The van der Waals surface area contributed by atoms with Crippen molar-refractivity contribution in [2.75, 3.05) is 25.3 Å². The fraction of sp³-hybridized carbons (Fsp3) is 0.250. The fourth-order valence-electron chi connectivity index (χ4n) is 3.83. The molecule has 33 heavy (non-hydrogen) atoms. The molecule has 2 aliphatic heterocycles. The maximum atomic E-state index is 13.2. The zero-order chi connectivity index (χ0) is 22.9. The van der Waals surface area contributed by atoms with Crippen LogP contribution in [0.3, 0.4) is 0 Å². The topological polar surface area (TPSA) is 97.2 Å². The summed E-state index contributed by atoms with van der Waals surface area (Å²) in [6.07, 6.45) is 0.868. The third-order valence-corrected chi connectivity index (χ3v) is 5.38. The summed E-state index contributed by atoms with van der Waals surface area (Å²) in [4.78, 5) is 25.9. The third-order valence-electron chi connectivity index (χ3n) is 5.38. The van der Waals surface area contributed by atoms with Crippen molar-refractivity contribution < 1.29 is 33.3 Å². The number of anilines is 1. The molecule has 1 atom stereocenters. The number of esters is 1. The summed E-state index contributed by atoms with van der Waals surface area (Å²) in [7, 11) is 1.72. The Morgan fingerprint density at radius 3 is 2.64 bits per heavy atom. The van der Waals surface area contributed by atoms with Gasteiger partial charge in [0.25, 0.3) is 5.91 Å². The lowest BCUT2D eigenvalue weighted by molar-refractivity contribution is -0.125. The largest absolute Gasteiger partial charge is 0.485 e. The van der Waals surface area contributed by atoms with Gasteiger partial charge in [-0.15, -0.1) is 0 Å². The molecule has 0 bridgehead atoms. The van der Waals surface area contributed by atoms with E-state index in [0.717, 1.165) is 5.56 Å². The van der Waals surface area contributed by atoms with Gasteiger partial charge in [-0.3, -0.25) is 4.79 Å². The molecule has 0 fully saturated rings. The number of aromatic nitrogens is 1. The van der Waals surface area contributed by atoms with Gasteiger partial charge < -0.3 is 33.6 Å². The maximum Gasteiger partial charge on any atom is 0.357 e. The van der Waals surface area contributed by atoms with Gasteiger partial charge >= 0.3 is 5.97 Å². The number of nitrogens with one attached hydrogen (secondary N) is 1. The Morgan fingerprint density at radius 1 is 1.06 bits per heavy atom. The Hall–Kier alpha value is -4.14. The van der Waals surface area contributed by atoms with Crippen molar-refractivity contribution >= 4 is 17.6 Å². The summed E-state index contributed by atoms with van der Waals surface area (Å²) >= 11 is 0. The van der Waals surface area contributed by atoms with Crippen molar-refractivity contribution in [1.82, 2.24) is 4.57 Å². The monoisotopic (exact) mass is 450 g/mol. The molecule has 0 unspecified atom stereocenters. The molecule has 9 nitrogen and oxygen atoms in total. The molecule has 5 rings (SSSR count). The Kier molecular flexibility index (Phi) is 5.29. The van der Waals surface area contributed by atoms with Gasteiger partial charge in [-0.05, 0) is 36.8 Å². The number of amides is 1. The Labute approximate surface area is 189 Å². The number of rotatable bonds is 5. The molecule has 0 radical (unpaired) electrons. The molecule has 0 saturated carbocycles. The minimum absolute atomic E-state index is 0.0454. The van der Waals surface area contributed by atoms with Crippen LogP contribution < -0.4 is 24.3 Å². The number of fused-ring (bicyclic) bond motifs is 2. The van der Waals surface area contributed by atoms with Crippen molar-refractivity contribution in [1.29, 1.82) is 0 Å². The number of carbonyl (C=O) groups excluding carboxylic acids is 2. The van der Waals surface area contributed by atoms with Gasteiger partial charge in [0.2, 0.25) is 12.9 Å². The molecule has 2 aromatic carbocycles. The minimum atomic E-state index is -0.889. The first-order chi connectivity index (χ1) is 16.0. The number of hydrogen-bond acceptors (Lipinski definition) is 7. The lowest BCUT2D eigenvalue weighted by atomic mass is 10.1. The van der Waals surface area contributed by atoms with E-state index >= 15 is 0 Å². The van der Waals surface area contributed by atoms with Crippen LogP contribution in [0.4, 0.5) is 5.69 Å². The number of carbonyl (C=O) groups is 2. The van der Waals surface area contributed by atoms with E-state index in [-0.39, 0.29) is 25.7 Å². The number of nitrogens with zero attached hydrogens (tertiary/aromatic N) is 1. The molecule has 2 aliphatic rings. The van der Waals surface area contributed by atoms with Gasteiger partial charge in [0.05, 0.1) is 12.3 Å². The summed E-state index contributed by atoms with van der Waals surface area (Å²) in [5.41, 5.74) is 1.91. The highest BCUT2D eigenvalue weighted by molar-refractivity contribution is 6.06. The number of ether oxygens (including phenoxy) is 5. The highest BCUT2D eigenvalue weighted by atomic mass is 16.7. The lowest BCUT2D eigenvalue weighted by Gasteiger charge is -2.25. The zero-order valence-electron chi connectivity index (χ0n) is 18.1. The average molecular weight is 450 g/mol. The van der Waals surface area contributed by atoms with E-state index in [1.54, 1.807) is 55.1 Å². The van der Waals surface area contributed by atoms with E-state index in [2.05, 4.69) is 5.32 Å². The van der Waals surface area contributed by atoms with Gasteiger partial charge in [-0.1, -0.05) is 18.2 Å². The van der Waals surface area contributed by atoms with E-state index in [9.17, 15) is 9.59 Å². The second kappa shape index (κ2) is 8.42. The predicted octanol–water partition coefficient (Wildman–Crippen LogP) is 3.38. The molecule has 1 amide bonds. The molecule has 0 spiro atoms. The van der Waals surface area contributed by atoms with Crippen LogP contribution in [0.5, 0.6) is 23.0 Å². The average Bonchev–Trinajstić information content (AvgIpc) is 3.42. The molecule has 3 heterocycles. The number of para-hydroxylation sites is 2. The predicted molar refractivity (Wildman–Crippen MR) is 118 cm³/mol. The Morgan fingerprint density at radius 2 is 1.82 bits per heavy atom. The van der Waals surface area contributed by atoms with Crippen molar-refractivity contribution in [3.8, 4) is 34.1 Å². The van der Waals surface area contributed by atoms with Crippen molar-refractivity contribution in [2.24, 2.45) is 7.05 Å². The van der Waals surface area contributed by atoms with E-state index in [1.807, 2.05) is 12.1 Å². The van der Waals surface area contributed by atoms with Crippen LogP contribution in [-0.4, -0.2) is 42.6 Å². The Balaban J connectivity index is 1.50. The molecule has 0 aliphatic carbocycles. The summed E-state index contributed by atoms with van der Waals surface area (Å²) < 4.78 is 29.2. The molecule has 0 saturated heterocycles. The summed E-state index contributed by atoms with van der Waals surface area (Å²) in [5.74, 6) is 1.30. The molecule has 170 valence electrons. The van der Waals surface area contributed by atoms with E-state index < -0.39 is 18.0 Å². The highest BCUT2D eigenvalue weighted by Gasteiger charge is 2.31. The van der Waals surface area contributed by atoms with Crippen LogP contribution >= 0.6 is 0 Å². The first-order valence-corrected chi connectivity index (χ1v) is 10.5. The molecule has 3 aromatic rings. The summed E-state index contributed by atoms with van der Waals surface area (Å²) in [6.45, 7) is 2.12. The van der Waals surface area contributed by atoms with Gasteiger partial charge in [-0.2, -0.15) is 0 Å². The van der Waals surface area contributed by atoms with Crippen LogP contribution in [-0.2, 0) is 16.6 Å². The SMILES string of the molecule is CCOC(=O)c1c(NC(=O)[C@H]2COc3ccccc3O2)c(-c2ccc3c(c2)OCO3)cn1C. The van der Waals surface area contributed by atoms with Gasteiger partial charge in [-0.25, -0.2) is 4.79 Å². The van der Waals surface area contributed by atoms with E-state index in [4.69, 9.17) is 23.7 Å². The van der Waals surface area contributed by atoms with Crippen molar-refractivity contribution in [2.45, 2.75) is 13.0 Å². The minimum Gasteiger partial charge on any atom is -0.485 e. The lowest BCUT2D eigenvalue weighted by Crippen LogP contribution is -2.40. The van der Waals surface area contributed by atoms with Gasteiger partial charge in [0, 0.05) is 18.8 Å². The number of hydrogen-bond donors (Lipinski definition) is 1. The second-order valence-corrected chi connectivity index (χ2v) is 7.52. The van der Waals surface area contributed by atoms with Crippen LogP contribution in [0.1, 0.15) is 17.4 Å². The molecular formula is C24H22N2O7. The van der Waals surface area contributed by atoms with Crippen molar-refractivity contribution in [3.05, 3.63) is 54.4 Å². The molecule has 1 aromatic heterocycles. The van der Waals surface area contributed by atoms with Gasteiger partial charge in [0.1, 0.15) is 6.61 Å². The van der Waals surface area contributed by atoms with Crippen LogP contribution in [0.2, 0.25) is 0 Å².